The molecule has 146 valence electrons. The van der Waals surface area contributed by atoms with Crippen LogP contribution in [0.3, 0.4) is 0 Å². The second kappa shape index (κ2) is 8.76. The quantitative estimate of drug-likeness (QED) is 0.340. The molecule has 2 aromatic heterocycles. The summed E-state index contributed by atoms with van der Waals surface area (Å²) < 4.78 is 0. The van der Waals surface area contributed by atoms with E-state index >= 15 is 0 Å². The molecule has 0 aliphatic carbocycles. The number of hydrogen-bond donors (Lipinski definition) is 4. The van der Waals surface area contributed by atoms with Crippen molar-refractivity contribution in [2.75, 3.05) is 10.6 Å². The lowest BCUT2D eigenvalue weighted by Gasteiger charge is -2.08. The first-order valence-electron chi connectivity index (χ1n) is 8.77. The zero-order valence-corrected chi connectivity index (χ0v) is 16.7. The van der Waals surface area contributed by atoms with Crippen molar-refractivity contribution in [1.29, 1.82) is 0 Å². The van der Waals surface area contributed by atoms with E-state index in [1.54, 1.807) is 12.4 Å². The van der Waals surface area contributed by atoms with Gasteiger partial charge in [0, 0.05) is 45.6 Å². The van der Waals surface area contributed by atoms with Crippen LogP contribution in [0.2, 0.25) is 5.02 Å². The number of hydrogen-bond acceptors (Lipinski definition) is 5. The highest BCUT2D eigenvalue weighted by molar-refractivity contribution is 7.14. The third kappa shape index (κ3) is 5.13. The number of aromatic nitrogens is 3. The van der Waals surface area contributed by atoms with Gasteiger partial charge in [-0.25, -0.2) is 9.78 Å². The van der Waals surface area contributed by atoms with Gasteiger partial charge in [-0.3, -0.25) is 5.10 Å². The Kier molecular flexibility index (Phi) is 5.73. The number of anilines is 3. The lowest BCUT2D eigenvalue weighted by Crippen LogP contribution is -2.27. The zero-order valence-electron chi connectivity index (χ0n) is 15.1. The number of thiazole rings is 1. The molecule has 0 spiro atoms. The number of amides is 2. The van der Waals surface area contributed by atoms with Gasteiger partial charge in [0.1, 0.15) is 0 Å². The minimum Gasteiger partial charge on any atom is -0.334 e. The van der Waals surface area contributed by atoms with Crippen LogP contribution >= 0.6 is 22.9 Å². The Bertz CT molecular complexity index is 1090. The Morgan fingerprint density at radius 2 is 1.97 bits per heavy atom. The lowest BCUT2D eigenvalue weighted by molar-refractivity contribution is 0.251. The van der Waals surface area contributed by atoms with Crippen LogP contribution in [-0.2, 0) is 6.54 Å². The maximum absolute atomic E-state index is 12.0. The van der Waals surface area contributed by atoms with Crippen molar-refractivity contribution in [1.82, 2.24) is 20.5 Å². The van der Waals surface area contributed by atoms with Crippen LogP contribution in [-0.4, -0.2) is 21.2 Å². The number of rotatable bonds is 6. The van der Waals surface area contributed by atoms with Gasteiger partial charge in [0.2, 0.25) is 0 Å². The molecule has 0 saturated carbocycles. The Morgan fingerprint density at radius 1 is 1.14 bits per heavy atom. The fraction of sp³-hybridized carbons (Fsp3) is 0.0500. The first-order chi connectivity index (χ1) is 14.2. The topological polar surface area (TPSA) is 94.7 Å². The number of aromatic amines is 1. The minimum atomic E-state index is -0.280. The molecule has 0 saturated heterocycles. The molecule has 0 bridgehead atoms. The molecule has 2 amide bonds. The first kappa shape index (κ1) is 19.0. The van der Waals surface area contributed by atoms with Gasteiger partial charge >= 0.3 is 6.03 Å². The molecular formula is C20H17ClN6OS. The zero-order chi connectivity index (χ0) is 20.1. The fourth-order valence-corrected chi connectivity index (χ4v) is 3.53. The van der Waals surface area contributed by atoms with E-state index in [0.29, 0.717) is 17.3 Å². The highest BCUT2D eigenvalue weighted by Crippen LogP contribution is 2.28. The van der Waals surface area contributed by atoms with Crippen LogP contribution in [0.15, 0.2) is 66.3 Å². The number of urea groups is 1. The van der Waals surface area contributed by atoms with Crippen molar-refractivity contribution in [3.8, 4) is 11.3 Å². The number of nitrogens with one attached hydrogen (secondary N) is 4. The van der Waals surface area contributed by atoms with Gasteiger partial charge in [-0.1, -0.05) is 23.7 Å². The van der Waals surface area contributed by atoms with E-state index in [2.05, 4.69) is 31.1 Å². The predicted octanol–water partition coefficient (Wildman–Crippen LogP) is 5.25. The smallest absolute Gasteiger partial charge is 0.319 e. The van der Waals surface area contributed by atoms with Crippen LogP contribution in [0.1, 0.15) is 5.56 Å². The average molecular weight is 425 g/mol. The molecule has 0 aliphatic rings. The summed E-state index contributed by atoms with van der Waals surface area (Å²) in [5, 5.41) is 18.8. The van der Waals surface area contributed by atoms with E-state index in [-0.39, 0.29) is 6.03 Å². The number of halogens is 1. The molecule has 0 radical (unpaired) electrons. The van der Waals surface area contributed by atoms with Crippen LogP contribution < -0.4 is 16.0 Å². The summed E-state index contributed by atoms with van der Waals surface area (Å²) in [5.74, 6) is 0. The van der Waals surface area contributed by atoms with E-state index in [1.807, 2.05) is 53.9 Å². The molecule has 9 heteroatoms. The molecule has 2 aromatic carbocycles. The Hall–Kier alpha value is -3.36. The van der Waals surface area contributed by atoms with Gasteiger partial charge in [0.25, 0.3) is 0 Å². The number of benzene rings is 2. The fourth-order valence-electron chi connectivity index (χ4n) is 2.60. The standard InChI is InChI=1S/C20H17ClN6OS/c21-15-3-1-2-14(8-15)18-12-29-20(27-18)26-17-6-4-16(5-7-17)25-19(28)22-9-13-10-23-24-11-13/h1-8,10-12H,9H2,(H,23,24)(H,26,27)(H2,22,25,28). The summed E-state index contributed by atoms with van der Waals surface area (Å²) in [7, 11) is 0. The third-order valence-electron chi connectivity index (χ3n) is 4.03. The van der Waals surface area contributed by atoms with Gasteiger partial charge in [-0.15, -0.1) is 11.3 Å². The molecule has 0 aliphatic heterocycles. The van der Waals surface area contributed by atoms with Crippen LogP contribution in [0.5, 0.6) is 0 Å². The van der Waals surface area contributed by atoms with Gasteiger partial charge in [-0.2, -0.15) is 5.10 Å². The van der Waals surface area contributed by atoms with E-state index in [0.717, 1.165) is 27.6 Å². The van der Waals surface area contributed by atoms with Gasteiger partial charge < -0.3 is 16.0 Å². The van der Waals surface area contributed by atoms with Crippen LogP contribution in [0.25, 0.3) is 11.3 Å². The van der Waals surface area contributed by atoms with E-state index in [4.69, 9.17) is 11.6 Å². The second-order valence-corrected chi connectivity index (χ2v) is 7.46. The van der Waals surface area contributed by atoms with Crippen molar-refractivity contribution < 1.29 is 4.79 Å². The van der Waals surface area contributed by atoms with E-state index in [1.165, 1.54) is 11.3 Å². The molecule has 7 nitrogen and oxygen atoms in total. The third-order valence-corrected chi connectivity index (χ3v) is 5.02. The maximum Gasteiger partial charge on any atom is 0.319 e. The molecule has 2 heterocycles. The highest BCUT2D eigenvalue weighted by atomic mass is 35.5. The second-order valence-electron chi connectivity index (χ2n) is 6.16. The van der Waals surface area contributed by atoms with E-state index in [9.17, 15) is 4.79 Å². The highest BCUT2D eigenvalue weighted by Gasteiger charge is 2.06. The Balaban J connectivity index is 1.33. The first-order valence-corrected chi connectivity index (χ1v) is 10.0. The molecule has 4 N–H and O–H groups in total. The summed E-state index contributed by atoms with van der Waals surface area (Å²) in [6, 6.07) is 14.7. The number of carbonyl (C=O) groups excluding carboxylic acids is 1. The van der Waals surface area contributed by atoms with Crippen molar-refractivity contribution >= 4 is 45.5 Å². The Labute approximate surface area is 176 Å². The van der Waals surface area contributed by atoms with Crippen molar-refractivity contribution in [2.45, 2.75) is 6.54 Å². The number of nitrogens with zero attached hydrogens (tertiary/aromatic N) is 2. The summed E-state index contributed by atoms with van der Waals surface area (Å²) in [4.78, 5) is 16.6. The summed E-state index contributed by atoms with van der Waals surface area (Å²) >= 11 is 7.56. The molecule has 4 aromatic rings. The van der Waals surface area contributed by atoms with Crippen LogP contribution in [0, 0.1) is 0 Å². The van der Waals surface area contributed by atoms with Crippen LogP contribution in [0.4, 0.5) is 21.3 Å². The SMILES string of the molecule is O=C(NCc1cn[nH]c1)Nc1ccc(Nc2nc(-c3cccc(Cl)c3)cs2)cc1. The van der Waals surface area contributed by atoms with Gasteiger partial charge in [-0.05, 0) is 36.4 Å². The van der Waals surface area contributed by atoms with Gasteiger partial charge in [0.15, 0.2) is 5.13 Å². The average Bonchev–Trinajstić information content (AvgIpc) is 3.40. The Morgan fingerprint density at radius 3 is 2.72 bits per heavy atom. The predicted molar refractivity (Wildman–Crippen MR) is 117 cm³/mol. The van der Waals surface area contributed by atoms with Crippen molar-refractivity contribution in [3.63, 3.8) is 0 Å². The normalized spacial score (nSPS) is 10.5. The monoisotopic (exact) mass is 424 g/mol. The van der Waals surface area contributed by atoms with Gasteiger partial charge in [0.05, 0.1) is 11.9 Å². The molecule has 0 unspecified atom stereocenters. The minimum absolute atomic E-state index is 0.280. The summed E-state index contributed by atoms with van der Waals surface area (Å²) in [6.07, 6.45) is 3.40. The molecule has 4 rings (SSSR count). The molecule has 29 heavy (non-hydrogen) atoms. The van der Waals surface area contributed by atoms with E-state index < -0.39 is 0 Å². The number of carbonyl (C=O) groups is 1. The maximum atomic E-state index is 12.0. The summed E-state index contributed by atoms with van der Waals surface area (Å²) in [5.41, 5.74) is 4.32. The molecule has 0 atom stereocenters. The largest absolute Gasteiger partial charge is 0.334 e. The summed E-state index contributed by atoms with van der Waals surface area (Å²) in [6.45, 7) is 0.404. The molecule has 0 fully saturated rings. The van der Waals surface area contributed by atoms with Crippen molar-refractivity contribution in [3.05, 3.63) is 76.9 Å². The van der Waals surface area contributed by atoms with Crippen molar-refractivity contribution in [2.24, 2.45) is 0 Å². The molecular weight excluding hydrogens is 408 g/mol. The lowest BCUT2D eigenvalue weighted by atomic mass is 10.2. The number of H-pyrrole nitrogens is 1.